The van der Waals surface area contributed by atoms with Gasteiger partial charge in [0.2, 0.25) is 5.91 Å². The van der Waals surface area contributed by atoms with Crippen LogP contribution >= 0.6 is 23.2 Å². The second-order valence-electron chi connectivity index (χ2n) is 6.51. The van der Waals surface area contributed by atoms with Gasteiger partial charge in [0.15, 0.2) is 9.84 Å². The monoisotopic (exact) mass is 423 g/mol. The number of rotatable bonds is 5. The van der Waals surface area contributed by atoms with Crippen molar-refractivity contribution in [2.45, 2.75) is 19.0 Å². The van der Waals surface area contributed by atoms with Crippen molar-refractivity contribution in [2.75, 3.05) is 11.5 Å². The topological polar surface area (TPSA) is 54.5 Å². The molecule has 1 amide bonds. The third-order valence-corrected chi connectivity index (χ3v) is 6.81. The Morgan fingerprint density at radius 2 is 1.93 bits per heavy atom. The van der Waals surface area contributed by atoms with E-state index < -0.39 is 9.84 Å². The molecule has 1 aliphatic rings. The molecule has 27 heavy (non-hydrogen) atoms. The maximum Gasteiger partial charge on any atom is 0.247 e. The highest BCUT2D eigenvalue weighted by Crippen LogP contribution is 2.23. The average molecular weight is 424 g/mol. The first-order valence-electron chi connectivity index (χ1n) is 8.52. The molecule has 1 aliphatic heterocycles. The minimum atomic E-state index is -3.11. The van der Waals surface area contributed by atoms with Gasteiger partial charge in [0.25, 0.3) is 0 Å². The molecule has 1 atom stereocenters. The Bertz CT molecular complexity index is 973. The lowest BCUT2D eigenvalue weighted by molar-refractivity contribution is -0.128. The van der Waals surface area contributed by atoms with E-state index in [9.17, 15) is 13.2 Å². The summed E-state index contributed by atoms with van der Waals surface area (Å²) in [6.07, 6.45) is 3.53. The molecule has 2 aromatic carbocycles. The average Bonchev–Trinajstić information content (AvgIpc) is 2.98. The zero-order chi connectivity index (χ0) is 19.4. The highest BCUT2D eigenvalue weighted by Gasteiger charge is 2.34. The fourth-order valence-electron chi connectivity index (χ4n) is 3.11. The van der Waals surface area contributed by atoms with E-state index in [4.69, 9.17) is 23.2 Å². The third-order valence-electron chi connectivity index (χ3n) is 4.48. The zero-order valence-corrected chi connectivity index (χ0v) is 16.8. The second-order valence-corrected chi connectivity index (χ2v) is 9.58. The van der Waals surface area contributed by atoms with Crippen LogP contribution in [-0.4, -0.2) is 36.8 Å². The smallest absolute Gasteiger partial charge is 0.247 e. The quantitative estimate of drug-likeness (QED) is 0.676. The van der Waals surface area contributed by atoms with Crippen molar-refractivity contribution in [1.82, 2.24) is 4.90 Å². The summed E-state index contributed by atoms with van der Waals surface area (Å²) in [6, 6.07) is 14.1. The van der Waals surface area contributed by atoms with Crippen molar-refractivity contribution in [3.05, 3.63) is 75.8 Å². The molecule has 0 aliphatic carbocycles. The molecule has 142 valence electrons. The molecule has 1 unspecified atom stereocenters. The van der Waals surface area contributed by atoms with Crippen LogP contribution < -0.4 is 0 Å². The van der Waals surface area contributed by atoms with Gasteiger partial charge < -0.3 is 4.90 Å². The van der Waals surface area contributed by atoms with Gasteiger partial charge in [0, 0.05) is 28.7 Å². The summed E-state index contributed by atoms with van der Waals surface area (Å²) >= 11 is 12.2. The molecule has 2 aromatic rings. The minimum Gasteiger partial charge on any atom is -0.331 e. The number of sulfone groups is 1. The van der Waals surface area contributed by atoms with Crippen molar-refractivity contribution in [3.63, 3.8) is 0 Å². The van der Waals surface area contributed by atoms with Gasteiger partial charge in [-0.1, -0.05) is 53.5 Å². The Balaban J connectivity index is 1.84. The number of hydrogen-bond acceptors (Lipinski definition) is 3. The van der Waals surface area contributed by atoms with Gasteiger partial charge in [-0.3, -0.25) is 4.79 Å². The number of carbonyl (C=O) groups is 1. The molecule has 0 spiro atoms. The SMILES string of the molecule is O=C(C=Cc1ccccc1Cl)N(Cc1cccc(Cl)c1)C1CCS(=O)(=O)C1. The lowest BCUT2D eigenvalue weighted by Crippen LogP contribution is -2.39. The molecular weight excluding hydrogens is 405 g/mol. The van der Waals surface area contributed by atoms with Crippen molar-refractivity contribution < 1.29 is 13.2 Å². The van der Waals surface area contributed by atoms with Crippen LogP contribution in [0.4, 0.5) is 0 Å². The lowest BCUT2D eigenvalue weighted by Gasteiger charge is -2.27. The first kappa shape index (κ1) is 19.9. The standard InChI is InChI=1S/C20H19Cl2NO3S/c21-17-6-3-4-15(12-17)13-23(18-10-11-27(25,26)14-18)20(24)9-8-16-5-1-2-7-19(16)22/h1-9,12,18H,10-11,13-14H2. The van der Waals surface area contributed by atoms with Crippen molar-refractivity contribution in [1.29, 1.82) is 0 Å². The summed E-state index contributed by atoms with van der Waals surface area (Å²) in [6.45, 7) is 0.298. The van der Waals surface area contributed by atoms with Gasteiger partial charge >= 0.3 is 0 Å². The van der Waals surface area contributed by atoms with Crippen molar-refractivity contribution in [3.8, 4) is 0 Å². The molecule has 1 heterocycles. The zero-order valence-electron chi connectivity index (χ0n) is 14.5. The van der Waals surface area contributed by atoms with Crippen LogP contribution in [0.25, 0.3) is 6.08 Å². The van der Waals surface area contributed by atoms with Crippen LogP contribution in [0.15, 0.2) is 54.6 Å². The molecule has 0 N–H and O–H groups in total. The largest absolute Gasteiger partial charge is 0.331 e. The molecule has 1 saturated heterocycles. The van der Waals surface area contributed by atoms with E-state index in [2.05, 4.69) is 0 Å². The molecule has 0 radical (unpaired) electrons. The normalized spacial score (nSPS) is 18.7. The molecule has 0 aromatic heterocycles. The fourth-order valence-corrected chi connectivity index (χ4v) is 5.25. The predicted molar refractivity (Wildman–Crippen MR) is 110 cm³/mol. The van der Waals surface area contributed by atoms with Crippen LogP contribution in [0.1, 0.15) is 17.5 Å². The van der Waals surface area contributed by atoms with Gasteiger partial charge in [0.1, 0.15) is 0 Å². The lowest BCUT2D eigenvalue weighted by atomic mass is 10.1. The number of benzene rings is 2. The maximum absolute atomic E-state index is 12.9. The van der Waals surface area contributed by atoms with Crippen LogP contribution in [0.3, 0.4) is 0 Å². The van der Waals surface area contributed by atoms with Gasteiger partial charge in [-0.05, 0) is 41.8 Å². The Morgan fingerprint density at radius 3 is 2.59 bits per heavy atom. The summed E-state index contributed by atoms with van der Waals surface area (Å²) < 4.78 is 23.8. The number of hydrogen-bond donors (Lipinski definition) is 0. The molecule has 0 bridgehead atoms. The summed E-state index contributed by atoms with van der Waals surface area (Å²) in [5, 5.41) is 1.12. The number of nitrogens with zero attached hydrogens (tertiary/aromatic N) is 1. The van der Waals surface area contributed by atoms with Crippen LogP contribution in [0.2, 0.25) is 10.0 Å². The Hall–Kier alpha value is -1.82. The summed E-state index contributed by atoms with van der Waals surface area (Å²) in [4.78, 5) is 14.5. The first-order chi connectivity index (χ1) is 12.8. The van der Waals surface area contributed by atoms with Crippen LogP contribution in [0, 0.1) is 0 Å². The highest BCUT2D eigenvalue weighted by molar-refractivity contribution is 7.91. The third kappa shape index (κ3) is 5.34. The second kappa shape index (κ2) is 8.46. The summed E-state index contributed by atoms with van der Waals surface area (Å²) in [7, 11) is -3.11. The van der Waals surface area contributed by atoms with Gasteiger partial charge in [0.05, 0.1) is 11.5 Å². The van der Waals surface area contributed by atoms with E-state index in [1.165, 1.54) is 6.08 Å². The van der Waals surface area contributed by atoms with Crippen LogP contribution in [-0.2, 0) is 21.2 Å². The molecule has 1 fully saturated rings. The van der Waals surface area contributed by atoms with Crippen molar-refractivity contribution in [2.24, 2.45) is 0 Å². The number of amides is 1. The molecule has 7 heteroatoms. The van der Waals surface area contributed by atoms with Crippen molar-refractivity contribution >= 4 is 45.0 Å². The van der Waals surface area contributed by atoms with Gasteiger partial charge in [-0.15, -0.1) is 0 Å². The maximum atomic E-state index is 12.9. The molecular formula is C20H19Cl2NO3S. The minimum absolute atomic E-state index is 0.0146. The van der Waals surface area contributed by atoms with Crippen LogP contribution in [0.5, 0.6) is 0 Å². The summed E-state index contributed by atoms with van der Waals surface area (Å²) in [5.41, 5.74) is 1.58. The Morgan fingerprint density at radius 1 is 1.15 bits per heavy atom. The Kier molecular flexibility index (Phi) is 6.25. The first-order valence-corrected chi connectivity index (χ1v) is 11.1. The van der Waals surface area contributed by atoms with E-state index in [1.807, 2.05) is 30.3 Å². The fraction of sp³-hybridized carbons (Fsp3) is 0.250. The van der Waals surface area contributed by atoms with Gasteiger partial charge in [-0.25, -0.2) is 8.42 Å². The van der Waals surface area contributed by atoms with E-state index in [-0.39, 0.29) is 23.5 Å². The highest BCUT2D eigenvalue weighted by atomic mass is 35.5. The molecule has 3 rings (SSSR count). The van der Waals surface area contributed by atoms with E-state index in [1.54, 1.807) is 29.2 Å². The Labute approximate surface area is 169 Å². The van der Waals surface area contributed by atoms with E-state index in [0.717, 1.165) is 11.1 Å². The summed E-state index contributed by atoms with van der Waals surface area (Å²) in [5.74, 6) is -0.165. The molecule has 4 nitrogen and oxygen atoms in total. The van der Waals surface area contributed by atoms with Gasteiger partial charge in [-0.2, -0.15) is 0 Å². The molecule has 0 saturated carbocycles. The van der Waals surface area contributed by atoms with E-state index >= 15 is 0 Å². The number of carbonyl (C=O) groups excluding carboxylic acids is 1. The van der Waals surface area contributed by atoms with E-state index in [0.29, 0.717) is 23.0 Å². The predicted octanol–water partition coefficient (Wildman–Crippen LogP) is 4.22. The number of halogens is 2.